The SMILES string of the molecule is COc1ccc(CNC(=O)c2cc(-c3ccncc3)nc3ccccc23)cc1. The van der Waals surface area contributed by atoms with E-state index in [9.17, 15) is 4.79 Å². The van der Waals surface area contributed by atoms with E-state index in [0.717, 1.165) is 33.5 Å². The van der Waals surface area contributed by atoms with E-state index in [0.29, 0.717) is 12.1 Å². The number of carbonyl (C=O) groups is 1. The molecule has 0 aliphatic heterocycles. The van der Waals surface area contributed by atoms with Gasteiger partial charge in [-0.25, -0.2) is 4.98 Å². The number of aromatic nitrogens is 2. The predicted octanol–water partition coefficient (Wildman–Crippen LogP) is 4.24. The Bertz CT molecular complexity index is 1110. The van der Waals surface area contributed by atoms with Gasteiger partial charge in [0.25, 0.3) is 5.91 Å². The first kappa shape index (κ1) is 17.7. The van der Waals surface area contributed by atoms with Crippen LogP contribution in [0, 0.1) is 0 Å². The number of fused-ring (bicyclic) bond motifs is 1. The van der Waals surface area contributed by atoms with Crippen molar-refractivity contribution in [2.75, 3.05) is 7.11 Å². The Morgan fingerprint density at radius 3 is 2.50 bits per heavy atom. The van der Waals surface area contributed by atoms with E-state index < -0.39 is 0 Å². The normalized spacial score (nSPS) is 10.6. The number of amides is 1. The molecule has 0 radical (unpaired) electrons. The fourth-order valence-electron chi connectivity index (χ4n) is 3.05. The molecule has 0 atom stereocenters. The van der Waals surface area contributed by atoms with E-state index >= 15 is 0 Å². The molecule has 2 heterocycles. The number of hydrogen-bond donors (Lipinski definition) is 1. The van der Waals surface area contributed by atoms with Crippen LogP contribution in [-0.2, 0) is 6.54 Å². The summed E-state index contributed by atoms with van der Waals surface area (Å²) >= 11 is 0. The largest absolute Gasteiger partial charge is 0.497 e. The van der Waals surface area contributed by atoms with Gasteiger partial charge in [0.1, 0.15) is 5.75 Å². The Morgan fingerprint density at radius 1 is 1.00 bits per heavy atom. The van der Waals surface area contributed by atoms with Crippen LogP contribution in [-0.4, -0.2) is 23.0 Å². The Balaban J connectivity index is 1.65. The number of nitrogens with one attached hydrogen (secondary N) is 1. The topological polar surface area (TPSA) is 64.1 Å². The van der Waals surface area contributed by atoms with E-state index in [1.165, 1.54) is 0 Å². The molecule has 5 nitrogen and oxygen atoms in total. The van der Waals surface area contributed by atoms with Crippen molar-refractivity contribution in [1.29, 1.82) is 0 Å². The number of nitrogens with zero attached hydrogens (tertiary/aromatic N) is 2. The molecule has 2 aromatic heterocycles. The molecule has 28 heavy (non-hydrogen) atoms. The van der Waals surface area contributed by atoms with Crippen molar-refractivity contribution in [2.45, 2.75) is 6.54 Å². The summed E-state index contributed by atoms with van der Waals surface area (Å²) < 4.78 is 5.17. The van der Waals surface area contributed by atoms with Crippen molar-refractivity contribution in [3.05, 3.63) is 90.3 Å². The monoisotopic (exact) mass is 369 g/mol. The highest BCUT2D eigenvalue weighted by Gasteiger charge is 2.13. The highest BCUT2D eigenvalue weighted by Crippen LogP contribution is 2.24. The third-order valence-electron chi connectivity index (χ3n) is 4.55. The van der Waals surface area contributed by atoms with Crippen molar-refractivity contribution >= 4 is 16.8 Å². The second-order valence-electron chi connectivity index (χ2n) is 6.34. The molecule has 0 spiro atoms. The Hall–Kier alpha value is -3.73. The summed E-state index contributed by atoms with van der Waals surface area (Å²) in [6, 6.07) is 20.9. The summed E-state index contributed by atoms with van der Waals surface area (Å²) in [6.45, 7) is 0.435. The zero-order chi connectivity index (χ0) is 19.3. The average Bonchev–Trinajstić information content (AvgIpc) is 2.77. The number of ether oxygens (including phenoxy) is 1. The first-order valence-corrected chi connectivity index (χ1v) is 8.96. The van der Waals surface area contributed by atoms with E-state index in [1.807, 2.05) is 66.7 Å². The Kier molecular flexibility index (Phi) is 4.97. The maximum absolute atomic E-state index is 13.0. The van der Waals surface area contributed by atoms with Crippen LogP contribution in [0.25, 0.3) is 22.2 Å². The third kappa shape index (κ3) is 3.69. The molecule has 2 aromatic carbocycles. The second kappa shape index (κ2) is 7.88. The maximum atomic E-state index is 13.0. The van der Waals surface area contributed by atoms with Gasteiger partial charge in [-0.3, -0.25) is 9.78 Å². The fourth-order valence-corrected chi connectivity index (χ4v) is 3.05. The molecule has 0 aliphatic carbocycles. The van der Waals surface area contributed by atoms with Gasteiger partial charge in [0.15, 0.2) is 0 Å². The van der Waals surface area contributed by atoms with Gasteiger partial charge >= 0.3 is 0 Å². The first-order valence-electron chi connectivity index (χ1n) is 8.96. The summed E-state index contributed by atoms with van der Waals surface area (Å²) in [5.74, 6) is 0.655. The van der Waals surface area contributed by atoms with Crippen molar-refractivity contribution < 1.29 is 9.53 Å². The van der Waals surface area contributed by atoms with Gasteiger partial charge in [-0.1, -0.05) is 30.3 Å². The summed E-state index contributed by atoms with van der Waals surface area (Å²) in [7, 11) is 1.63. The molecular weight excluding hydrogens is 350 g/mol. The minimum Gasteiger partial charge on any atom is -0.497 e. The maximum Gasteiger partial charge on any atom is 0.252 e. The number of hydrogen-bond acceptors (Lipinski definition) is 4. The molecule has 5 heteroatoms. The predicted molar refractivity (Wildman–Crippen MR) is 109 cm³/mol. The van der Waals surface area contributed by atoms with E-state index in [-0.39, 0.29) is 5.91 Å². The van der Waals surface area contributed by atoms with Gasteiger partial charge in [-0.15, -0.1) is 0 Å². The Morgan fingerprint density at radius 2 is 1.75 bits per heavy atom. The van der Waals surface area contributed by atoms with Crippen LogP contribution in [0.4, 0.5) is 0 Å². The number of para-hydroxylation sites is 1. The molecule has 138 valence electrons. The molecule has 0 saturated carbocycles. The smallest absolute Gasteiger partial charge is 0.252 e. The number of rotatable bonds is 5. The van der Waals surface area contributed by atoms with Crippen LogP contribution in [0.3, 0.4) is 0 Å². The summed E-state index contributed by atoms with van der Waals surface area (Å²) in [4.78, 5) is 21.7. The van der Waals surface area contributed by atoms with Gasteiger partial charge in [0.05, 0.1) is 23.9 Å². The average molecular weight is 369 g/mol. The molecule has 0 unspecified atom stereocenters. The zero-order valence-corrected chi connectivity index (χ0v) is 15.4. The first-order chi connectivity index (χ1) is 13.7. The molecule has 0 aliphatic rings. The minimum atomic E-state index is -0.135. The van der Waals surface area contributed by atoms with E-state index in [4.69, 9.17) is 9.72 Å². The standard InChI is InChI=1S/C23H19N3O2/c1-28-18-8-6-16(7-9-18)15-25-23(27)20-14-22(17-10-12-24-13-11-17)26-21-5-3-2-4-19(20)21/h2-14H,15H2,1H3,(H,25,27). The molecule has 1 N–H and O–H groups in total. The third-order valence-corrected chi connectivity index (χ3v) is 4.55. The van der Waals surface area contributed by atoms with Gasteiger partial charge in [0, 0.05) is 29.9 Å². The lowest BCUT2D eigenvalue weighted by molar-refractivity contribution is 0.0952. The van der Waals surface area contributed by atoms with Crippen molar-refractivity contribution in [1.82, 2.24) is 15.3 Å². The second-order valence-corrected chi connectivity index (χ2v) is 6.34. The van der Waals surface area contributed by atoms with Crippen LogP contribution in [0.2, 0.25) is 0 Å². The summed E-state index contributed by atoms with van der Waals surface area (Å²) in [5.41, 5.74) is 4.06. The van der Waals surface area contributed by atoms with Crippen molar-refractivity contribution in [2.24, 2.45) is 0 Å². The lowest BCUT2D eigenvalue weighted by atomic mass is 10.0. The number of benzene rings is 2. The molecular formula is C23H19N3O2. The lowest BCUT2D eigenvalue weighted by Crippen LogP contribution is -2.23. The van der Waals surface area contributed by atoms with Crippen LogP contribution < -0.4 is 10.1 Å². The fraction of sp³-hybridized carbons (Fsp3) is 0.0870. The van der Waals surface area contributed by atoms with Gasteiger partial charge in [-0.2, -0.15) is 0 Å². The molecule has 4 aromatic rings. The highest BCUT2D eigenvalue weighted by atomic mass is 16.5. The number of carbonyl (C=O) groups excluding carboxylic acids is 1. The van der Waals surface area contributed by atoms with Gasteiger partial charge in [-0.05, 0) is 42.0 Å². The van der Waals surface area contributed by atoms with E-state index in [2.05, 4.69) is 10.3 Å². The van der Waals surface area contributed by atoms with Crippen molar-refractivity contribution in [3.63, 3.8) is 0 Å². The molecule has 4 rings (SSSR count). The molecule has 0 fully saturated rings. The molecule has 0 bridgehead atoms. The summed E-state index contributed by atoms with van der Waals surface area (Å²) in [5, 5.41) is 3.83. The summed E-state index contributed by atoms with van der Waals surface area (Å²) in [6.07, 6.45) is 3.44. The Labute approximate surface area is 163 Å². The minimum absolute atomic E-state index is 0.135. The molecule has 1 amide bonds. The van der Waals surface area contributed by atoms with Crippen LogP contribution >= 0.6 is 0 Å². The van der Waals surface area contributed by atoms with Crippen LogP contribution in [0.15, 0.2) is 79.1 Å². The zero-order valence-electron chi connectivity index (χ0n) is 15.4. The molecule has 0 saturated heterocycles. The lowest BCUT2D eigenvalue weighted by Gasteiger charge is -2.11. The quantitative estimate of drug-likeness (QED) is 0.572. The van der Waals surface area contributed by atoms with Crippen molar-refractivity contribution in [3.8, 4) is 17.0 Å². The number of pyridine rings is 2. The van der Waals surface area contributed by atoms with Gasteiger partial charge < -0.3 is 10.1 Å². The van der Waals surface area contributed by atoms with Crippen LogP contribution in [0.1, 0.15) is 15.9 Å². The number of methoxy groups -OCH3 is 1. The van der Waals surface area contributed by atoms with Crippen LogP contribution in [0.5, 0.6) is 5.75 Å². The highest BCUT2D eigenvalue weighted by molar-refractivity contribution is 6.07. The van der Waals surface area contributed by atoms with Gasteiger partial charge in [0.2, 0.25) is 0 Å². The van der Waals surface area contributed by atoms with E-state index in [1.54, 1.807) is 19.5 Å².